The maximum absolute atomic E-state index is 14.5. The van der Waals surface area contributed by atoms with Gasteiger partial charge in [-0.25, -0.2) is 8.78 Å². The van der Waals surface area contributed by atoms with Crippen molar-refractivity contribution in [3.05, 3.63) is 76.3 Å². The fourth-order valence-electron chi connectivity index (χ4n) is 6.12. The van der Waals surface area contributed by atoms with Crippen molar-refractivity contribution in [1.29, 1.82) is 0 Å². The first kappa shape index (κ1) is 31.6. The number of carbonyl (C=O) groups excluding carboxylic acids is 2. The minimum Gasteiger partial charge on any atom is -0.390 e. The highest BCUT2D eigenvalue weighted by Gasteiger charge is 2.49. The summed E-state index contributed by atoms with van der Waals surface area (Å²) in [4.78, 5) is 34.2. The largest absolute Gasteiger partial charge is 0.390 e. The van der Waals surface area contributed by atoms with Crippen LogP contribution in [0, 0.1) is 11.6 Å². The normalized spacial score (nSPS) is 23.9. The molecule has 7 nitrogen and oxygen atoms in total. The third-order valence-electron chi connectivity index (χ3n) is 8.55. The molecule has 0 spiro atoms. The van der Waals surface area contributed by atoms with Crippen molar-refractivity contribution in [2.24, 2.45) is 4.99 Å². The summed E-state index contributed by atoms with van der Waals surface area (Å²) in [6, 6.07) is 10.9. The number of benzene rings is 2. The molecule has 0 radical (unpaired) electrons. The number of nitrogens with one attached hydrogen (secondary N) is 2. The van der Waals surface area contributed by atoms with Crippen LogP contribution in [-0.4, -0.2) is 63.7 Å². The van der Waals surface area contributed by atoms with Gasteiger partial charge in [0.15, 0.2) is 5.04 Å². The lowest BCUT2D eigenvalue weighted by molar-refractivity contribution is -0.130. The van der Waals surface area contributed by atoms with Crippen LogP contribution < -0.4 is 10.6 Å². The first-order valence-corrected chi connectivity index (χ1v) is 15.7. The average molecular weight is 631 g/mol. The zero-order valence-electron chi connectivity index (χ0n) is 24.6. The highest BCUT2D eigenvalue weighted by Crippen LogP contribution is 2.38. The Kier molecular flexibility index (Phi) is 9.05. The summed E-state index contributed by atoms with van der Waals surface area (Å²) >= 11 is 7.22. The van der Waals surface area contributed by atoms with Gasteiger partial charge in [0.1, 0.15) is 11.6 Å². The van der Waals surface area contributed by atoms with Crippen LogP contribution in [0.1, 0.15) is 64.0 Å². The number of thioether (sulfide) groups is 1. The van der Waals surface area contributed by atoms with Gasteiger partial charge in [-0.1, -0.05) is 35.5 Å². The van der Waals surface area contributed by atoms with E-state index in [4.69, 9.17) is 11.6 Å². The molecule has 0 atom stereocenters. The molecule has 11 heteroatoms. The van der Waals surface area contributed by atoms with Gasteiger partial charge in [-0.2, -0.15) is 0 Å². The fraction of sp³-hybridized carbons (Fsp3) is 0.469. The van der Waals surface area contributed by atoms with E-state index in [2.05, 4.69) is 20.5 Å². The maximum Gasteiger partial charge on any atom is 0.276 e. The van der Waals surface area contributed by atoms with Crippen LogP contribution in [0.5, 0.6) is 0 Å². The molecule has 0 aromatic heterocycles. The number of nitrogens with zero attached hydrogens (tertiary/aromatic N) is 2. The molecule has 43 heavy (non-hydrogen) atoms. The number of halogens is 3. The van der Waals surface area contributed by atoms with E-state index in [1.54, 1.807) is 12.1 Å². The summed E-state index contributed by atoms with van der Waals surface area (Å²) in [7, 11) is 0. The van der Waals surface area contributed by atoms with Gasteiger partial charge >= 0.3 is 0 Å². The minimum atomic E-state index is -0.836. The molecule has 1 saturated carbocycles. The highest BCUT2D eigenvalue weighted by molar-refractivity contribution is 8.23. The Hall–Kier alpha value is -2.79. The number of carbonyl (C=O) groups is 2. The smallest absolute Gasteiger partial charge is 0.276 e. The van der Waals surface area contributed by atoms with Crippen molar-refractivity contribution in [3.63, 3.8) is 0 Å². The van der Waals surface area contributed by atoms with E-state index in [0.717, 1.165) is 36.2 Å². The van der Waals surface area contributed by atoms with Crippen molar-refractivity contribution in [2.75, 3.05) is 19.6 Å². The standard InChI is InChI=1S/C32H37ClF2N4O3S/c1-30(2,20-5-4-6-21(33)15-20)37-27(40)17-32(18-39(19-32)23-9-12-31(3,42)13-10-23)38-28(41)29-36-14-11-26(43-29)24-8-7-22(34)16-25(24)35/h4-8,11,15-16,23,42H,9-10,12-14,17-19H2,1-3H3,(H,37,40)(H,38,41). The molecule has 2 heterocycles. The van der Waals surface area contributed by atoms with Crippen molar-refractivity contribution in [1.82, 2.24) is 15.5 Å². The lowest BCUT2D eigenvalue weighted by Gasteiger charge is -2.55. The molecule has 0 unspecified atom stereocenters. The third-order valence-corrected chi connectivity index (χ3v) is 9.89. The van der Waals surface area contributed by atoms with Crippen LogP contribution in [0.3, 0.4) is 0 Å². The van der Waals surface area contributed by atoms with E-state index < -0.39 is 34.2 Å². The Morgan fingerprint density at radius 3 is 2.56 bits per heavy atom. The molecular formula is C32H37ClF2N4O3S. The Bertz CT molecular complexity index is 1460. The number of hydrogen-bond donors (Lipinski definition) is 3. The molecule has 2 aromatic carbocycles. The molecular weight excluding hydrogens is 594 g/mol. The van der Waals surface area contributed by atoms with E-state index >= 15 is 0 Å². The number of aliphatic hydroxyl groups is 1. The Balaban J connectivity index is 1.29. The second kappa shape index (κ2) is 12.3. The Morgan fingerprint density at radius 1 is 1.16 bits per heavy atom. The molecule has 2 amide bonds. The van der Waals surface area contributed by atoms with Gasteiger partial charge in [-0.15, -0.1) is 0 Å². The van der Waals surface area contributed by atoms with Crippen molar-refractivity contribution in [2.45, 2.75) is 75.6 Å². The van der Waals surface area contributed by atoms with Crippen LogP contribution in [0.25, 0.3) is 4.91 Å². The lowest BCUT2D eigenvalue weighted by atomic mass is 9.78. The summed E-state index contributed by atoms with van der Waals surface area (Å²) in [6.07, 6.45) is 4.82. The van der Waals surface area contributed by atoms with Gasteiger partial charge in [0.2, 0.25) is 5.91 Å². The lowest BCUT2D eigenvalue weighted by Crippen LogP contribution is -2.74. The van der Waals surface area contributed by atoms with Crippen LogP contribution in [0.2, 0.25) is 5.02 Å². The Labute approximate surface area is 260 Å². The quantitative estimate of drug-likeness (QED) is 0.363. The topological polar surface area (TPSA) is 94.0 Å². The van der Waals surface area contributed by atoms with Crippen molar-refractivity contribution < 1.29 is 23.5 Å². The maximum atomic E-state index is 14.5. The van der Waals surface area contributed by atoms with Crippen LogP contribution in [-0.2, 0) is 15.1 Å². The predicted octanol–water partition coefficient (Wildman–Crippen LogP) is 5.41. The van der Waals surface area contributed by atoms with E-state index in [-0.39, 0.29) is 35.5 Å². The van der Waals surface area contributed by atoms with E-state index in [0.29, 0.717) is 35.9 Å². The average Bonchev–Trinajstić information content (AvgIpc) is 2.91. The van der Waals surface area contributed by atoms with E-state index in [1.807, 2.05) is 39.0 Å². The number of aliphatic imine (C=N–C) groups is 1. The van der Waals surface area contributed by atoms with Crippen LogP contribution in [0.15, 0.2) is 53.5 Å². The van der Waals surface area contributed by atoms with Gasteiger partial charge in [0.25, 0.3) is 5.91 Å². The van der Waals surface area contributed by atoms with Gasteiger partial charge in [0.05, 0.1) is 29.6 Å². The zero-order chi connectivity index (χ0) is 31.0. The molecule has 0 bridgehead atoms. The van der Waals surface area contributed by atoms with Crippen molar-refractivity contribution in [3.8, 4) is 0 Å². The van der Waals surface area contributed by atoms with E-state index in [1.165, 1.54) is 12.1 Å². The van der Waals surface area contributed by atoms with E-state index in [9.17, 15) is 23.5 Å². The number of amides is 2. The third kappa shape index (κ3) is 7.48. The molecule has 3 aliphatic rings. The van der Waals surface area contributed by atoms with Gasteiger partial charge in [-0.3, -0.25) is 19.5 Å². The molecule has 2 fully saturated rings. The molecule has 3 N–H and O–H groups in total. The second-order valence-electron chi connectivity index (χ2n) is 12.7. The summed E-state index contributed by atoms with van der Waals surface area (Å²) in [5.41, 5.74) is -1.14. The molecule has 1 aliphatic carbocycles. The van der Waals surface area contributed by atoms with Gasteiger partial charge < -0.3 is 15.7 Å². The predicted molar refractivity (Wildman–Crippen MR) is 167 cm³/mol. The highest BCUT2D eigenvalue weighted by atomic mass is 35.5. The molecule has 2 aromatic rings. The zero-order valence-corrected chi connectivity index (χ0v) is 26.1. The van der Waals surface area contributed by atoms with Gasteiger partial charge in [0, 0.05) is 40.7 Å². The monoisotopic (exact) mass is 630 g/mol. The minimum absolute atomic E-state index is 0.0525. The summed E-state index contributed by atoms with van der Waals surface area (Å²) in [5.74, 6) is -2.05. The summed E-state index contributed by atoms with van der Waals surface area (Å²) in [6.45, 7) is 6.79. The molecule has 5 rings (SSSR count). The second-order valence-corrected chi connectivity index (χ2v) is 14.1. The first-order valence-electron chi connectivity index (χ1n) is 14.5. The number of hydrogen-bond acceptors (Lipinski definition) is 6. The van der Waals surface area contributed by atoms with Gasteiger partial charge in [-0.05, 0) is 82.4 Å². The number of likely N-dealkylation sites (tertiary alicyclic amines) is 1. The van der Waals surface area contributed by atoms with Crippen LogP contribution >= 0.6 is 23.4 Å². The van der Waals surface area contributed by atoms with Crippen molar-refractivity contribution >= 4 is 45.1 Å². The van der Waals surface area contributed by atoms with Crippen LogP contribution in [0.4, 0.5) is 8.78 Å². The SMILES string of the molecule is CC1(O)CCC(N2CC(CC(=O)NC(C)(C)c3cccc(Cl)c3)(NC(=O)C3=NCC=C(c4ccc(F)cc4F)S3)C2)CC1. The molecule has 230 valence electrons. The summed E-state index contributed by atoms with van der Waals surface area (Å²) < 4.78 is 27.9. The Morgan fingerprint density at radius 2 is 1.88 bits per heavy atom. The first-order chi connectivity index (χ1) is 20.2. The molecule has 1 saturated heterocycles. The number of rotatable bonds is 8. The fourth-order valence-corrected chi connectivity index (χ4v) is 7.23. The molecule has 2 aliphatic heterocycles. The summed E-state index contributed by atoms with van der Waals surface area (Å²) in [5, 5.41) is 17.3.